The van der Waals surface area contributed by atoms with Crippen molar-refractivity contribution in [3.05, 3.63) is 65.3 Å². The highest BCUT2D eigenvalue weighted by Crippen LogP contribution is 2.54. The number of phenols is 1. The van der Waals surface area contributed by atoms with Gasteiger partial charge in [0.2, 0.25) is 5.78 Å². The van der Waals surface area contributed by atoms with Crippen LogP contribution in [0.25, 0.3) is 5.76 Å². The number of nitrogens with two attached hydrogens (primary N) is 1. The van der Waals surface area contributed by atoms with Gasteiger partial charge >= 0.3 is 5.97 Å². The first-order valence-electron chi connectivity index (χ1n) is 10.5. The number of phenolic OH excluding ortho intramolecular Hbond substituents is 1. The molecule has 11 nitrogen and oxygen atoms in total. The van der Waals surface area contributed by atoms with E-state index in [0.717, 1.165) is 6.08 Å². The molecule has 4 rings (SSSR count). The van der Waals surface area contributed by atoms with Gasteiger partial charge in [0, 0.05) is 24.0 Å². The normalized spacial score (nSPS) is 29.9. The molecule has 0 bridgehead atoms. The van der Waals surface area contributed by atoms with E-state index in [2.05, 4.69) is 6.58 Å². The molecule has 1 saturated carbocycles. The number of rotatable bonds is 4. The summed E-state index contributed by atoms with van der Waals surface area (Å²) in [5.41, 5.74) is 1.04. The highest BCUT2D eigenvalue weighted by molar-refractivity contribution is 6.24. The summed E-state index contributed by atoms with van der Waals surface area (Å²) in [6, 6.07) is 2.87. The van der Waals surface area contributed by atoms with Gasteiger partial charge in [-0.3, -0.25) is 19.3 Å². The number of hydrogen-bond acceptors (Lipinski definition) is 10. The third kappa shape index (κ3) is 3.19. The number of ether oxygens (including phenoxy) is 1. The van der Waals surface area contributed by atoms with Crippen molar-refractivity contribution in [2.75, 3.05) is 14.1 Å². The lowest BCUT2D eigenvalue weighted by Gasteiger charge is -2.53. The molecule has 3 aliphatic rings. The van der Waals surface area contributed by atoms with E-state index in [4.69, 9.17) is 10.5 Å². The minimum atomic E-state index is -2.98. The molecule has 0 saturated heterocycles. The van der Waals surface area contributed by atoms with E-state index in [0.29, 0.717) is 5.56 Å². The second-order valence-corrected chi connectivity index (χ2v) is 8.78. The third-order valence-electron chi connectivity index (χ3n) is 6.71. The number of ketones is 2. The Morgan fingerprint density at radius 3 is 2.43 bits per heavy atom. The monoisotopic (exact) mass is 483 g/mol. The Kier molecular flexibility index (Phi) is 5.57. The summed E-state index contributed by atoms with van der Waals surface area (Å²) < 4.78 is 5.52. The zero-order valence-corrected chi connectivity index (χ0v) is 18.8. The Balaban J connectivity index is 2.08. The van der Waals surface area contributed by atoms with Crippen molar-refractivity contribution in [1.82, 2.24) is 4.90 Å². The van der Waals surface area contributed by atoms with Gasteiger partial charge in [-0.1, -0.05) is 18.7 Å². The summed E-state index contributed by atoms with van der Waals surface area (Å²) in [6.07, 6.45) is 0.787. The minimum Gasteiger partial charge on any atom is -0.508 e. The molecule has 183 valence electrons. The predicted octanol–water partition coefficient (Wildman–Crippen LogP) is -0.318. The van der Waals surface area contributed by atoms with E-state index < -0.39 is 75.7 Å². The molecular weight excluding hydrogens is 460 g/mol. The van der Waals surface area contributed by atoms with Crippen LogP contribution in [0, 0.1) is 18.3 Å². The zero-order chi connectivity index (χ0) is 26.0. The topological polar surface area (TPSA) is 188 Å². The van der Waals surface area contributed by atoms with Gasteiger partial charge in [-0.15, -0.1) is 0 Å². The summed E-state index contributed by atoms with van der Waals surface area (Å²) in [6.45, 7) is 3.34. The molecule has 0 spiro atoms. The van der Waals surface area contributed by atoms with E-state index >= 15 is 0 Å². The first-order chi connectivity index (χ1) is 16.4. The maximum atomic E-state index is 13.8. The fourth-order valence-electron chi connectivity index (χ4n) is 5.27. The fourth-order valence-corrected chi connectivity index (χ4v) is 5.27. The molecule has 35 heavy (non-hydrogen) atoms. The van der Waals surface area contributed by atoms with Gasteiger partial charge < -0.3 is 30.9 Å². The van der Waals surface area contributed by atoms with Crippen molar-refractivity contribution in [1.29, 1.82) is 0 Å². The number of Topliss-reactive ketones (excluding diaryl/α,β-unsaturated/α-hetero) is 2. The van der Waals surface area contributed by atoms with Crippen molar-refractivity contribution < 1.29 is 44.3 Å². The molecule has 1 aromatic rings. The minimum absolute atomic E-state index is 0.113. The number of aromatic hydroxyl groups is 1. The van der Waals surface area contributed by atoms with Gasteiger partial charge in [-0.05, 0) is 25.7 Å². The van der Waals surface area contributed by atoms with Crippen LogP contribution in [0.3, 0.4) is 0 Å². The first kappa shape index (κ1) is 24.2. The molecule has 11 heteroatoms. The van der Waals surface area contributed by atoms with Crippen LogP contribution >= 0.6 is 0 Å². The van der Waals surface area contributed by atoms with Crippen LogP contribution in [0.5, 0.6) is 5.75 Å². The van der Waals surface area contributed by atoms with Crippen molar-refractivity contribution in [3.63, 3.8) is 0 Å². The predicted molar refractivity (Wildman–Crippen MR) is 119 cm³/mol. The Labute approximate surface area is 199 Å². The van der Waals surface area contributed by atoms with Crippen LogP contribution in [-0.4, -0.2) is 80.6 Å². The van der Waals surface area contributed by atoms with Crippen LogP contribution < -0.4 is 5.73 Å². The van der Waals surface area contributed by atoms with Gasteiger partial charge in [0.05, 0.1) is 17.5 Å². The van der Waals surface area contributed by atoms with Gasteiger partial charge in [0.1, 0.15) is 28.9 Å². The second kappa shape index (κ2) is 8.07. The van der Waals surface area contributed by atoms with Gasteiger partial charge in [0.15, 0.2) is 11.4 Å². The highest BCUT2D eigenvalue weighted by Gasteiger charge is 2.68. The van der Waals surface area contributed by atoms with Crippen LogP contribution in [0.2, 0.25) is 0 Å². The molecule has 0 heterocycles. The highest BCUT2D eigenvalue weighted by atomic mass is 16.5. The molecule has 0 aliphatic heterocycles. The number of carbonyl (C=O) groups excluding carboxylic acids is 4. The maximum absolute atomic E-state index is 13.8. The number of aliphatic hydroxyl groups excluding tert-OH is 2. The van der Waals surface area contributed by atoms with Gasteiger partial charge in [-0.25, -0.2) is 4.79 Å². The number of hydrogen-bond donors (Lipinski definition) is 5. The molecule has 1 fully saturated rings. The number of primary amides is 1. The number of benzene rings is 1. The van der Waals surface area contributed by atoms with Crippen LogP contribution in [0.4, 0.5) is 0 Å². The molecule has 1 aromatic carbocycles. The van der Waals surface area contributed by atoms with E-state index in [9.17, 15) is 39.6 Å². The number of likely N-dealkylation sites (N-methyl/N-ethyl adjacent to an activating group) is 1. The fraction of sp³-hybridized carbons (Fsp3) is 0.292. The Bertz CT molecular complexity index is 1260. The summed E-state index contributed by atoms with van der Waals surface area (Å²) in [5.74, 6) is -9.74. The van der Waals surface area contributed by atoms with E-state index in [1.165, 1.54) is 43.6 Å². The summed E-state index contributed by atoms with van der Waals surface area (Å²) in [4.78, 5) is 52.7. The molecule has 3 aliphatic carbocycles. The Morgan fingerprint density at radius 2 is 1.86 bits per heavy atom. The number of amides is 1. The third-order valence-corrected chi connectivity index (χ3v) is 6.71. The van der Waals surface area contributed by atoms with E-state index in [1.54, 1.807) is 0 Å². The summed E-state index contributed by atoms with van der Waals surface area (Å²) in [7, 11) is 2.86. The largest absolute Gasteiger partial charge is 0.508 e. The lowest BCUT2D eigenvalue weighted by atomic mass is 9.56. The molecule has 0 unspecified atom stereocenters. The van der Waals surface area contributed by atoms with Gasteiger partial charge in [-0.2, -0.15) is 0 Å². The lowest BCUT2D eigenvalue weighted by molar-refractivity contribution is -0.179. The number of aliphatic hydroxyl groups is 3. The van der Waals surface area contributed by atoms with Crippen LogP contribution in [0.15, 0.2) is 47.8 Å². The molecule has 1 amide bonds. The first-order valence-corrected chi connectivity index (χ1v) is 10.5. The average Bonchev–Trinajstić information content (AvgIpc) is 2.77. The number of nitrogens with zero attached hydrogens (tertiary/aromatic N) is 1. The van der Waals surface area contributed by atoms with Gasteiger partial charge in [0.25, 0.3) is 5.91 Å². The molecule has 0 aromatic heterocycles. The van der Waals surface area contributed by atoms with Crippen molar-refractivity contribution in [2.45, 2.75) is 17.7 Å². The van der Waals surface area contributed by atoms with Crippen LogP contribution in [-0.2, 0) is 23.9 Å². The summed E-state index contributed by atoms with van der Waals surface area (Å²) in [5, 5.41) is 44.0. The van der Waals surface area contributed by atoms with E-state index in [-0.39, 0.29) is 11.3 Å². The zero-order valence-electron chi connectivity index (χ0n) is 18.8. The Hall–Kier alpha value is -3.96. The molecular formula is C24H23N2O9. The Morgan fingerprint density at radius 1 is 1.20 bits per heavy atom. The standard InChI is InChI=1S/C24H23N2O9/c1-4-12(28)35-20-10-8-9-6-5-7-11(27)13(9)18(29)14(10)21(31)24(34)16(20)17(26(2)3)19(30)15(22(24)32)23(25)33/h4-8,10,16-17,20,27,29,32,34H,1H2,2-3H3,(H2,25,33)/t10-,16-,17+,20+,24+/m0/s1. The second-order valence-electron chi connectivity index (χ2n) is 8.78. The SMILES string of the molecule is C=CC(=O)O[C@H]1[C@@H]2[C@@H](N(C)C)C(=O)C(C(N)=O)=C(O)[C@]2(O)C(=O)C2=C(O)c3c(O)cccc3[CH][C@@H]21. The molecule has 5 atom stereocenters. The van der Waals surface area contributed by atoms with Crippen molar-refractivity contribution >= 4 is 29.2 Å². The van der Waals surface area contributed by atoms with Crippen molar-refractivity contribution in [3.8, 4) is 5.75 Å². The van der Waals surface area contributed by atoms with Crippen molar-refractivity contribution in [2.24, 2.45) is 17.6 Å². The number of carbonyl (C=O) groups is 4. The quantitative estimate of drug-likeness (QED) is 0.216. The number of fused-ring (bicyclic) bond motifs is 3. The van der Waals surface area contributed by atoms with Crippen LogP contribution in [0.1, 0.15) is 11.1 Å². The summed E-state index contributed by atoms with van der Waals surface area (Å²) >= 11 is 0. The van der Waals surface area contributed by atoms with E-state index in [1.807, 2.05) is 0 Å². The average molecular weight is 483 g/mol. The molecule has 6 N–H and O–H groups in total. The number of esters is 1. The molecule has 1 radical (unpaired) electrons. The lowest BCUT2D eigenvalue weighted by Crippen LogP contribution is -2.70. The smallest absolute Gasteiger partial charge is 0.330 e. The maximum Gasteiger partial charge on any atom is 0.330 e.